The van der Waals surface area contributed by atoms with E-state index < -0.39 is 0 Å². The molecular weight excluding hydrogens is 244 g/mol. The Morgan fingerprint density at radius 3 is 3.11 bits per heavy atom. The summed E-state index contributed by atoms with van der Waals surface area (Å²) >= 11 is 0. The van der Waals surface area contributed by atoms with Crippen LogP contribution in [0.3, 0.4) is 0 Å². The van der Waals surface area contributed by atoms with Crippen LogP contribution in [0.25, 0.3) is 0 Å². The molecule has 0 spiro atoms. The van der Waals surface area contributed by atoms with Crippen molar-refractivity contribution in [1.82, 2.24) is 10.2 Å². The van der Waals surface area contributed by atoms with Gasteiger partial charge in [0.05, 0.1) is 26.3 Å². The molecular formula is C14H18N2O3. The molecule has 0 aliphatic carbocycles. The highest BCUT2D eigenvalue weighted by atomic mass is 16.5. The van der Waals surface area contributed by atoms with Crippen LogP contribution < -0.4 is 10.1 Å². The first-order valence-corrected chi connectivity index (χ1v) is 6.56. The van der Waals surface area contributed by atoms with E-state index in [0.717, 1.165) is 24.3 Å². The number of carbonyl (C=O) groups is 1. The molecule has 2 heterocycles. The average Bonchev–Trinajstić information content (AvgIpc) is 3.07. The molecule has 2 fully saturated rings. The molecule has 1 amide bonds. The van der Waals surface area contributed by atoms with E-state index in [-0.39, 0.29) is 18.1 Å². The summed E-state index contributed by atoms with van der Waals surface area (Å²) in [4.78, 5) is 14.0. The van der Waals surface area contributed by atoms with Crippen molar-refractivity contribution in [2.45, 2.75) is 18.6 Å². The van der Waals surface area contributed by atoms with Gasteiger partial charge in [-0.05, 0) is 24.1 Å². The second kappa shape index (κ2) is 5.19. The third kappa shape index (κ3) is 2.31. The predicted molar refractivity (Wildman–Crippen MR) is 69.8 cm³/mol. The van der Waals surface area contributed by atoms with Crippen LogP contribution in [-0.2, 0) is 9.53 Å². The maximum Gasteiger partial charge on any atom is 0.238 e. The Hall–Kier alpha value is -1.59. The number of methoxy groups -OCH3 is 1. The van der Waals surface area contributed by atoms with Crippen LogP contribution in [0.5, 0.6) is 5.75 Å². The van der Waals surface area contributed by atoms with Crippen molar-refractivity contribution in [3.8, 4) is 5.75 Å². The summed E-state index contributed by atoms with van der Waals surface area (Å²) in [6.07, 6.45) is 0.836. The van der Waals surface area contributed by atoms with Crippen LogP contribution in [0.2, 0.25) is 0 Å². The van der Waals surface area contributed by atoms with Crippen LogP contribution in [0.4, 0.5) is 0 Å². The van der Waals surface area contributed by atoms with Crippen molar-refractivity contribution < 1.29 is 14.3 Å². The summed E-state index contributed by atoms with van der Waals surface area (Å²) in [5.41, 5.74) is 1.05. The molecule has 2 atom stereocenters. The largest absolute Gasteiger partial charge is 0.497 e. The van der Waals surface area contributed by atoms with E-state index in [1.807, 2.05) is 29.2 Å². The summed E-state index contributed by atoms with van der Waals surface area (Å²) in [5.74, 6) is 0.949. The molecule has 2 unspecified atom stereocenters. The Kier molecular flexibility index (Phi) is 3.40. The van der Waals surface area contributed by atoms with Gasteiger partial charge in [0.15, 0.2) is 0 Å². The minimum atomic E-state index is -0.0747. The van der Waals surface area contributed by atoms with E-state index in [0.29, 0.717) is 13.2 Å². The van der Waals surface area contributed by atoms with Crippen LogP contribution in [0, 0.1) is 0 Å². The van der Waals surface area contributed by atoms with Gasteiger partial charge in [-0.2, -0.15) is 0 Å². The SMILES string of the molecule is COc1cccc(C2NCC(=O)N2C2CCOC2)c1. The van der Waals surface area contributed by atoms with Gasteiger partial charge in [-0.15, -0.1) is 0 Å². The van der Waals surface area contributed by atoms with Gasteiger partial charge in [0.2, 0.25) is 5.91 Å². The molecule has 0 radical (unpaired) electrons. The monoisotopic (exact) mass is 262 g/mol. The highest BCUT2D eigenvalue weighted by molar-refractivity contribution is 5.81. The Bertz CT molecular complexity index is 472. The minimum absolute atomic E-state index is 0.0747. The smallest absolute Gasteiger partial charge is 0.238 e. The van der Waals surface area contributed by atoms with Crippen molar-refractivity contribution in [3.05, 3.63) is 29.8 Å². The lowest BCUT2D eigenvalue weighted by atomic mass is 10.1. The van der Waals surface area contributed by atoms with Gasteiger partial charge in [0.1, 0.15) is 11.9 Å². The predicted octanol–water partition coefficient (Wildman–Crippen LogP) is 0.914. The van der Waals surface area contributed by atoms with E-state index >= 15 is 0 Å². The molecule has 2 aliphatic rings. The number of rotatable bonds is 3. The summed E-state index contributed by atoms with van der Waals surface area (Å²) in [6.45, 7) is 1.76. The van der Waals surface area contributed by atoms with Gasteiger partial charge in [0.25, 0.3) is 0 Å². The fraction of sp³-hybridized carbons (Fsp3) is 0.500. The van der Waals surface area contributed by atoms with Gasteiger partial charge in [-0.1, -0.05) is 12.1 Å². The molecule has 2 aliphatic heterocycles. The number of amides is 1. The summed E-state index contributed by atoms with van der Waals surface area (Å²) < 4.78 is 10.6. The van der Waals surface area contributed by atoms with Crippen molar-refractivity contribution in [2.75, 3.05) is 26.9 Å². The second-order valence-corrected chi connectivity index (χ2v) is 4.88. The first-order chi connectivity index (χ1) is 9.29. The molecule has 1 aromatic carbocycles. The highest BCUT2D eigenvalue weighted by Crippen LogP contribution is 2.29. The molecule has 2 saturated heterocycles. The molecule has 1 N–H and O–H groups in total. The molecule has 3 rings (SSSR count). The maximum absolute atomic E-state index is 12.1. The molecule has 1 aromatic rings. The number of ether oxygens (including phenoxy) is 2. The van der Waals surface area contributed by atoms with Crippen LogP contribution in [-0.4, -0.2) is 43.7 Å². The van der Waals surface area contributed by atoms with Crippen molar-refractivity contribution in [2.24, 2.45) is 0 Å². The molecule has 5 nitrogen and oxygen atoms in total. The first-order valence-electron chi connectivity index (χ1n) is 6.56. The van der Waals surface area contributed by atoms with Crippen LogP contribution in [0.15, 0.2) is 24.3 Å². The van der Waals surface area contributed by atoms with Gasteiger partial charge < -0.3 is 14.4 Å². The number of benzene rings is 1. The quantitative estimate of drug-likeness (QED) is 0.880. The number of hydrogen-bond acceptors (Lipinski definition) is 4. The number of hydrogen-bond donors (Lipinski definition) is 1. The van der Waals surface area contributed by atoms with Crippen molar-refractivity contribution >= 4 is 5.91 Å². The van der Waals surface area contributed by atoms with Crippen LogP contribution in [0.1, 0.15) is 18.2 Å². The normalized spacial score (nSPS) is 27.0. The lowest BCUT2D eigenvalue weighted by Crippen LogP contribution is -2.40. The van der Waals surface area contributed by atoms with Gasteiger partial charge in [-0.25, -0.2) is 0 Å². The molecule has 0 aromatic heterocycles. The number of carbonyl (C=O) groups excluding carboxylic acids is 1. The van der Waals surface area contributed by atoms with E-state index in [1.54, 1.807) is 7.11 Å². The Labute approximate surface area is 112 Å². The summed E-state index contributed by atoms with van der Waals surface area (Å²) in [7, 11) is 1.65. The van der Waals surface area contributed by atoms with Crippen molar-refractivity contribution in [1.29, 1.82) is 0 Å². The average molecular weight is 262 g/mol. The molecule has 0 saturated carbocycles. The summed E-state index contributed by atoms with van der Waals surface area (Å²) in [5, 5.41) is 3.27. The Balaban J connectivity index is 1.87. The third-order valence-corrected chi connectivity index (χ3v) is 3.72. The minimum Gasteiger partial charge on any atom is -0.497 e. The second-order valence-electron chi connectivity index (χ2n) is 4.88. The lowest BCUT2D eigenvalue weighted by Gasteiger charge is -2.29. The molecule has 102 valence electrons. The van der Waals surface area contributed by atoms with Gasteiger partial charge >= 0.3 is 0 Å². The lowest BCUT2D eigenvalue weighted by molar-refractivity contribution is -0.130. The Morgan fingerprint density at radius 1 is 1.47 bits per heavy atom. The van der Waals surface area contributed by atoms with Crippen LogP contribution >= 0.6 is 0 Å². The fourth-order valence-electron chi connectivity index (χ4n) is 2.76. The Morgan fingerprint density at radius 2 is 2.37 bits per heavy atom. The van der Waals surface area contributed by atoms with Gasteiger partial charge in [-0.3, -0.25) is 10.1 Å². The van der Waals surface area contributed by atoms with Gasteiger partial charge in [0, 0.05) is 6.61 Å². The van der Waals surface area contributed by atoms with E-state index in [4.69, 9.17) is 9.47 Å². The van der Waals surface area contributed by atoms with E-state index in [9.17, 15) is 4.79 Å². The topological polar surface area (TPSA) is 50.8 Å². The molecule has 19 heavy (non-hydrogen) atoms. The fourth-order valence-corrected chi connectivity index (χ4v) is 2.76. The number of nitrogens with one attached hydrogen (secondary N) is 1. The number of nitrogens with zero attached hydrogens (tertiary/aromatic N) is 1. The summed E-state index contributed by atoms with van der Waals surface area (Å²) in [6, 6.07) is 8.02. The zero-order valence-corrected chi connectivity index (χ0v) is 11.0. The standard InChI is InChI=1S/C14H18N2O3/c1-18-12-4-2-3-10(7-12)14-15-8-13(17)16(14)11-5-6-19-9-11/h2-4,7,11,14-15H,5-6,8-9H2,1H3. The first kappa shape index (κ1) is 12.4. The zero-order valence-electron chi connectivity index (χ0n) is 11.0. The highest BCUT2D eigenvalue weighted by Gasteiger charge is 2.38. The van der Waals surface area contributed by atoms with Crippen molar-refractivity contribution in [3.63, 3.8) is 0 Å². The maximum atomic E-state index is 12.1. The molecule has 0 bridgehead atoms. The molecule has 5 heteroatoms. The zero-order chi connectivity index (χ0) is 13.2. The third-order valence-electron chi connectivity index (χ3n) is 3.72. The van der Waals surface area contributed by atoms with E-state index in [2.05, 4.69) is 5.32 Å². The van der Waals surface area contributed by atoms with E-state index in [1.165, 1.54) is 0 Å².